The predicted octanol–water partition coefficient (Wildman–Crippen LogP) is 2.30. The average Bonchev–Trinajstić information content (AvgIpc) is 2.96. The second-order valence-electron chi connectivity index (χ2n) is 8.42. The van der Waals surface area contributed by atoms with Gasteiger partial charge in [0.25, 0.3) is 0 Å². The van der Waals surface area contributed by atoms with Crippen molar-refractivity contribution in [1.29, 1.82) is 0 Å². The summed E-state index contributed by atoms with van der Waals surface area (Å²) in [6, 6.07) is 4.25. The zero-order chi connectivity index (χ0) is 18.4. The molecule has 0 amide bonds. The van der Waals surface area contributed by atoms with Crippen LogP contribution in [0.3, 0.4) is 0 Å². The second kappa shape index (κ2) is 9.88. The summed E-state index contributed by atoms with van der Waals surface area (Å²) in [4.78, 5) is 7.57. The van der Waals surface area contributed by atoms with E-state index in [0.29, 0.717) is 18.4 Å². The molecule has 5 heteroatoms. The summed E-state index contributed by atoms with van der Waals surface area (Å²) in [7, 11) is 2.23. The number of hydrogen-bond donors (Lipinski definition) is 1. The number of likely N-dealkylation sites (N-methyl/N-ethyl adjacent to an activating group) is 1. The molecule has 2 atom stereocenters. The Morgan fingerprint density at radius 1 is 1.04 bits per heavy atom. The molecule has 3 rings (SSSR count). The van der Waals surface area contributed by atoms with E-state index in [-0.39, 0.29) is 0 Å². The van der Waals surface area contributed by atoms with E-state index in [1.165, 1.54) is 39.1 Å². The summed E-state index contributed by atoms with van der Waals surface area (Å²) in [5.74, 6) is 3.22. The molecular weight excluding hydrogens is 326 g/mol. The molecule has 2 saturated heterocycles. The molecule has 3 heterocycles. The maximum atomic E-state index is 9.78. The van der Waals surface area contributed by atoms with E-state index >= 15 is 0 Å². The molecular formula is C21H37N3O2. The Morgan fingerprint density at radius 3 is 2.65 bits per heavy atom. The van der Waals surface area contributed by atoms with Gasteiger partial charge in [0.15, 0.2) is 0 Å². The van der Waals surface area contributed by atoms with Gasteiger partial charge < -0.3 is 19.3 Å². The van der Waals surface area contributed by atoms with Crippen LogP contribution in [0.2, 0.25) is 0 Å². The minimum absolute atomic E-state index is 0.301. The standard InChI is InChI=1S/C21H37N3O2/c1-3-5-20-6-7-21(26-20)16-24-14-18(12-19(15-24)17-25)13-23-9-4-8-22(2)10-11-23/h6-7,18-19,25H,3-5,8-17H2,1-2H3/t18-,19+/m0/s1. The molecule has 0 unspecified atom stereocenters. The summed E-state index contributed by atoms with van der Waals surface area (Å²) in [5, 5.41) is 9.78. The highest BCUT2D eigenvalue weighted by atomic mass is 16.3. The minimum atomic E-state index is 0.301. The molecule has 0 aliphatic carbocycles. The topological polar surface area (TPSA) is 43.1 Å². The Bertz CT molecular complexity index is 533. The van der Waals surface area contributed by atoms with Gasteiger partial charge in [-0.1, -0.05) is 6.92 Å². The first-order valence-electron chi connectivity index (χ1n) is 10.5. The number of aliphatic hydroxyl groups is 1. The molecule has 26 heavy (non-hydrogen) atoms. The number of aliphatic hydroxyl groups excluding tert-OH is 1. The SMILES string of the molecule is CCCc1ccc(CN2C[C@H](CO)C[C@@H](CN3CCCN(C)CC3)C2)o1. The van der Waals surface area contributed by atoms with Crippen molar-refractivity contribution < 1.29 is 9.52 Å². The predicted molar refractivity (Wildman–Crippen MR) is 105 cm³/mol. The van der Waals surface area contributed by atoms with E-state index in [1.54, 1.807) is 0 Å². The maximum absolute atomic E-state index is 9.78. The molecule has 1 aromatic heterocycles. The Labute approximate surface area is 158 Å². The molecule has 0 aromatic carbocycles. The second-order valence-corrected chi connectivity index (χ2v) is 8.42. The van der Waals surface area contributed by atoms with Gasteiger partial charge in [-0.2, -0.15) is 0 Å². The number of aryl methyl sites for hydroxylation is 1. The van der Waals surface area contributed by atoms with Crippen LogP contribution in [0.4, 0.5) is 0 Å². The van der Waals surface area contributed by atoms with Gasteiger partial charge >= 0.3 is 0 Å². The fourth-order valence-electron chi connectivity index (χ4n) is 4.58. The highest BCUT2D eigenvalue weighted by molar-refractivity contribution is 5.07. The van der Waals surface area contributed by atoms with Crippen LogP contribution in [0.1, 0.15) is 37.7 Å². The average molecular weight is 364 g/mol. The van der Waals surface area contributed by atoms with Gasteiger partial charge in [-0.15, -0.1) is 0 Å². The summed E-state index contributed by atoms with van der Waals surface area (Å²) < 4.78 is 5.99. The van der Waals surface area contributed by atoms with Crippen molar-refractivity contribution in [2.45, 2.75) is 39.2 Å². The molecule has 1 aromatic rings. The van der Waals surface area contributed by atoms with Crippen LogP contribution in [0.15, 0.2) is 16.5 Å². The third kappa shape index (κ3) is 5.81. The molecule has 2 aliphatic rings. The molecule has 0 spiro atoms. The van der Waals surface area contributed by atoms with Crippen LogP contribution in [-0.2, 0) is 13.0 Å². The van der Waals surface area contributed by atoms with Crippen molar-refractivity contribution in [3.63, 3.8) is 0 Å². The van der Waals surface area contributed by atoms with Crippen LogP contribution in [0, 0.1) is 11.8 Å². The van der Waals surface area contributed by atoms with E-state index < -0.39 is 0 Å². The van der Waals surface area contributed by atoms with E-state index in [1.807, 2.05) is 0 Å². The van der Waals surface area contributed by atoms with Gasteiger partial charge in [0, 0.05) is 45.8 Å². The molecule has 148 valence electrons. The van der Waals surface area contributed by atoms with E-state index in [9.17, 15) is 5.11 Å². The van der Waals surface area contributed by atoms with Crippen LogP contribution >= 0.6 is 0 Å². The Morgan fingerprint density at radius 2 is 1.85 bits per heavy atom. The number of rotatable bonds is 7. The number of piperidine rings is 1. The van der Waals surface area contributed by atoms with E-state index in [2.05, 4.69) is 40.8 Å². The van der Waals surface area contributed by atoms with Crippen LogP contribution < -0.4 is 0 Å². The Balaban J connectivity index is 1.55. The first-order chi connectivity index (χ1) is 12.7. The fourth-order valence-corrected chi connectivity index (χ4v) is 4.58. The summed E-state index contributed by atoms with van der Waals surface area (Å²) >= 11 is 0. The van der Waals surface area contributed by atoms with Gasteiger partial charge in [-0.25, -0.2) is 0 Å². The summed E-state index contributed by atoms with van der Waals surface area (Å²) in [6.07, 6.45) is 4.56. The van der Waals surface area contributed by atoms with Crippen molar-refractivity contribution in [1.82, 2.24) is 14.7 Å². The van der Waals surface area contributed by atoms with Gasteiger partial charge in [-0.05, 0) is 63.4 Å². The molecule has 5 nitrogen and oxygen atoms in total. The zero-order valence-electron chi connectivity index (χ0n) is 16.7. The quantitative estimate of drug-likeness (QED) is 0.805. The van der Waals surface area contributed by atoms with Crippen LogP contribution in [0.5, 0.6) is 0 Å². The lowest BCUT2D eigenvalue weighted by atomic mass is 9.89. The first-order valence-corrected chi connectivity index (χ1v) is 10.5. The summed E-state index contributed by atoms with van der Waals surface area (Å²) in [5.41, 5.74) is 0. The third-order valence-corrected chi connectivity index (χ3v) is 5.88. The third-order valence-electron chi connectivity index (χ3n) is 5.88. The Hall–Kier alpha value is -0.880. The number of likely N-dealkylation sites (tertiary alicyclic amines) is 1. The zero-order valence-corrected chi connectivity index (χ0v) is 16.7. The monoisotopic (exact) mass is 363 g/mol. The smallest absolute Gasteiger partial charge is 0.118 e. The van der Waals surface area contributed by atoms with Gasteiger partial charge in [0.1, 0.15) is 11.5 Å². The van der Waals surface area contributed by atoms with Crippen molar-refractivity contribution in [3.05, 3.63) is 23.7 Å². The van der Waals surface area contributed by atoms with E-state index in [4.69, 9.17) is 4.42 Å². The largest absolute Gasteiger partial charge is 0.465 e. The number of furan rings is 1. The van der Waals surface area contributed by atoms with Gasteiger partial charge in [-0.3, -0.25) is 4.90 Å². The van der Waals surface area contributed by atoms with Gasteiger partial charge in [0.05, 0.1) is 6.54 Å². The minimum Gasteiger partial charge on any atom is -0.465 e. The number of nitrogens with zero attached hydrogens (tertiary/aromatic N) is 3. The Kier molecular flexibility index (Phi) is 7.55. The number of hydrogen-bond acceptors (Lipinski definition) is 5. The van der Waals surface area contributed by atoms with Crippen LogP contribution in [-0.4, -0.2) is 79.3 Å². The van der Waals surface area contributed by atoms with E-state index in [0.717, 1.165) is 50.4 Å². The molecule has 0 radical (unpaired) electrons. The van der Waals surface area contributed by atoms with Crippen molar-refractivity contribution >= 4 is 0 Å². The lowest BCUT2D eigenvalue weighted by Gasteiger charge is -2.38. The molecule has 0 saturated carbocycles. The molecule has 2 fully saturated rings. The molecule has 0 bridgehead atoms. The van der Waals surface area contributed by atoms with Crippen molar-refractivity contribution in [2.75, 3.05) is 59.5 Å². The fraction of sp³-hybridized carbons (Fsp3) is 0.810. The molecule has 2 aliphatic heterocycles. The molecule has 1 N–H and O–H groups in total. The highest BCUT2D eigenvalue weighted by Crippen LogP contribution is 2.25. The normalized spacial score (nSPS) is 26.9. The maximum Gasteiger partial charge on any atom is 0.118 e. The summed E-state index contributed by atoms with van der Waals surface area (Å²) in [6.45, 7) is 11.4. The first kappa shape index (κ1) is 19.9. The van der Waals surface area contributed by atoms with Crippen LogP contribution in [0.25, 0.3) is 0 Å². The lowest BCUT2D eigenvalue weighted by molar-refractivity contribution is 0.0588. The van der Waals surface area contributed by atoms with Crippen molar-refractivity contribution in [2.24, 2.45) is 11.8 Å². The van der Waals surface area contributed by atoms with Crippen molar-refractivity contribution in [3.8, 4) is 0 Å². The lowest BCUT2D eigenvalue weighted by Crippen LogP contribution is -2.45. The van der Waals surface area contributed by atoms with Gasteiger partial charge in [0.2, 0.25) is 0 Å². The highest BCUT2D eigenvalue weighted by Gasteiger charge is 2.29.